The van der Waals surface area contributed by atoms with Gasteiger partial charge in [-0.1, -0.05) is 44.2 Å². The molecule has 0 aliphatic heterocycles. The summed E-state index contributed by atoms with van der Waals surface area (Å²) in [4.78, 5) is 0. The van der Waals surface area contributed by atoms with Crippen LogP contribution in [0.2, 0.25) is 0 Å². The smallest absolute Gasteiger partial charge is 0.141 e. The summed E-state index contributed by atoms with van der Waals surface area (Å²) in [5.74, 6) is 2.61. The molecule has 2 nitrogen and oxygen atoms in total. The quantitative estimate of drug-likeness (QED) is 0.729. The van der Waals surface area contributed by atoms with Crippen molar-refractivity contribution in [3.63, 3.8) is 0 Å². The minimum atomic E-state index is -0.586. The highest BCUT2D eigenvalue weighted by Gasteiger charge is 2.32. The highest BCUT2D eigenvalue weighted by atomic mass is 32.2. The normalized spacial score (nSPS) is 14.2. The molecule has 1 rings (SSSR count). The lowest BCUT2D eigenvalue weighted by atomic mass is 9.92. The Hall–Kier alpha value is -0.980. The second-order valence-electron chi connectivity index (χ2n) is 5.92. The van der Waals surface area contributed by atoms with Crippen LogP contribution in [-0.2, 0) is 5.54 Å². The molecule has 0 saturated carbocycles. The average molecular weight is 290 g/mol. The van der Waals surface area contributed by atoms with Crippen molar-refractivity contribution in [2.75, 3.05) is 11.5 Å². The van der Waals surface area contributed by atoms with E-state index in [-0.39, 0.29) is 6.04 Å². The maximum Gasteiger partial charge on any atom is 0.141 e. The number of hydrogen-bond donors (Lipinski definition) is 1. The van der Waals surface area contributed by atoms with Crippen LogP contribution in [0.15, 0.2) is 30.3 Å². The number of hydrogen-bond acceptors (Lipinski definition) is 3. The largest absolute Gasteiger partial charge is 0.293 e. The van der Waals surface area contributed by atoms with Gasteiger partial charge in [0.05, 0.1) is 6.07 Å². The van der Waals surface area contributed by atoms with E-state index in [0.717, 1.165) is 17.1 Å². The van der Waals surface area contributed by atoms with E-state index in [2.05, 4.69) is 39.1 Å². The molecule has 0 spiro atoms. The van der Waals surface area contributed by atoms with Crippen LogP contribution in [0.1, 0.15) is 39.7 Å². The summed E-state index contributed by atoms with van der Waals surface area (Å²) in [6.07, 6.45) is 1.20. The highest BCUT2D eigenvalue weighted by molar-refractivity contribution is 7.99. The van der Waals surface area contributed by atoms with Crippen molar-refractivity contribution in [3.8, 4) is 6.07 Å². The fraction of sp³-hybridized carbons (Fsp3) is 0.588. The van der Waals surface area contributed by atoms with Crippen LogP contribution >= 0.6 is 11.8 Å². The molecule has 0 radical (unpaired) electrons. The van der Waals surface area contributed by atoms with Gasteiger partial charge in [-0.25, -0.2) is 0 Å². The standard InChI is InChI=1S/C17H26N2S/c1-14(2)10-11-20-13-17(12-18,19-15(3)4)16-8-6-5-7-9-16/h5-9,14-15,19H,10-11,13H2,1-4H3. The van der Waals surface area contributed by atoms with Gasteiger partial charge < -0.3 is 0 Å². The fourth-order valence-electron chi connectivity index (χ4n) is 2.10. The minimum Gasteiger partial charge on any atom is -0.293 e. The first-order valence-electron chi connectivity index (χ1n) is 7.32. The molecule has 3 heteroatoms. The molecule has 20 heavy (non-hydrogen) atoms. The summed E-state index contributed by atoms with van der Waals surface area (Å²) in [6, 6.07) is 12.9. The number of nitrogens with zero attached hydrogens (tertiary/aromatic N) is 1. The molecule has 0 aliphatic carbocycles. The van der Waals surface area contributed by atoms with Crippen LogP contribution < -0.4 is 5.32 Å². The number of nitriles is 1. The third kappa shape index (κ3) is 5.19. The molecule has 1 aromatic rings. The average Bonchev–Trinajstić information content (AvgIpc) is 2.42. The second kappa shape index (κ2) is 8.34. The van der Waals surface area contributed by atoms with E-state index in [1.807, 2.05) is 42.1 Å². The Morgan fingerprint density at radius 3 is 2.35 bits per heavy atom. The molecule has 1 aromatic carbocycles. The Kier molecular flexibility index (Phi) is 7.12. The SMILES string of the molecule is CC(C)CCSCC(C#N)(NC(C)C)c1ccccc1. The molecule has 1 unspecified atom stereocenters. The maximum absolute atomic E-state index is 9.76. The van der Waals surface area contributed by atoms with E-state index in [1.165, 1.54) is 6.42 Å². The predicted molar refractivity (Wildman–Crippen MR) is 88.8 cm³/mol. The van der Waals surface area contributed by atoms with Crippen molar-refractivity contribution < 1.29 is 0 Å². The minimum absolute atomic E-state index is 0.278. The molecule has 0 saturated heterocycles. The van der Waals surface area contributed by atoms with Gasteiger partial charge in [-0.15, -0.1) is 0 Å². The highest BCUT2D eigenvalue weighted by Crippen LogP contribution is 2.26. The predicted octanol–water partition coefficient (Wildman–Crippen LogP) is 4.18. The van der Waals surface area contributed by atoms with Gasteiger partial charge in [-0.3, -0.25) is 5.32 Å². The van der Waals surface area contributed by atoms with Crippen LogP contribution in [-0.4, -0.2) is 17.5 Å². The lowest BCUT2D eigenvalue weighted by Gasteiger charge is -2.30. The lowest BCUT2D eigenvalue weighted by Crippen LogP contribution is -2.47. The van der Waals surface area contributed by atoms with Gasteiger partial charge in [0.15, 0.2) is 0 Å². The molecule has 0 aromatic heterocycles. The third-order valence-corrected chi connectivity index (χ3v) is 4.31. The van der Waals surface area contributed by atoms with Crippen LogP contribution in [0.25, 0.3) is 0 Å². The summed E-state index contributed by atoms with van der Waals surface area (Å²) < 4.78 is 0. The Labute approximate surface area is 128 Å². The Morgan fingerprint density at radius 2 is 1.85 bits per heavy atom. The molecular weight excluding hydrogens is 264 g/mol. The van der Waals surface area contributed by atoms with Crippen molar-refractivity contribution in [1.29, 1.82) is 5.26 Å². The van der Waals surface area contributed by atoms with Gasteiger partial charge in [0, 0.05) is 11.8 Å². The zero-order valence-corrected chi connectivity index (χ0v) is 13.8. The van der Waals surface area contributed by atoms with Crippen LogP contribution in [0.3, 0.4) is 0 Å². The molecule has 0 aliphatic rings. The fourth-order valence-corrected chi connectivity index (χ4v) is 3.50. The lowest BCUT2D eigenvalue weighted by molar-refractivity contribution is 0.425. The number of nitrogens with one attached hydrogen (secondary N) is 1. The van der Waals surface area contributed by atoms with E-state index in [4.69, 9.17) is 0 Å². The summed E-state index contributed by atoms with van der Waals surface area (Å²) >= 11 is 1.86. The van der Waals surface area contributed by atoms with Crippen LogP contribution in [0, 0.1) is 17.2 Å². The molecule has 1 N–H and O–H groups in total. The van der Waals surface area contributed by atoms with Crippen molar-refractivity contribution in [2.24, 2.45) is 5.92 Å². The zero-order chi connectivity index (χ0) is 15.0. The molecular formula is C17H26N2S. The Balaban J connectivity index is 2.82. The second-order valence-corrected chi connectivity index (χ2v) is 7.02. The van der Waals surface area contributed by atoms with Crippen molar-refractivity contribution >= 4 is 11.8 Å². The molecule has 0 amide bonds. The van der Waals surface area contributed by atoms with E-state index < -0.39 is 5.54 Å². The number of thioether (sulfide) groups is 1. The van der Waals surface area contributed by atoms with E-state index in [0.29, 0.717) is 5.92 Å². The molecule has 110 valence electrons. The third-order valence-electron chi connectivity index (χ3n) is 3.15. The monoisotopic (exact) mass is 290 g/mol. The topological polar surface area (TPSA) is 35.8 Å². The van der Waals surface area contributed by atoms with Gasteiger partial charge in [-0.2, -0.15) is 17.0 Å². The number of benzene rings is 1. The molecule has 1 atom stereocenters. The number of rotatable bonds is 8. The maximum atomic E-state index is 9.76. The summed E-state index contributed by atoms with van der Waals surface area (Å²) in [7, 11) is 0. The molecule has 0 fully saturated rings. The first-order valence-corrected chi connectivity index (χ1v) is 8.48. The van der Waals surface area contributed by atoms with Gasteiger partial charge in [0.2, 0.25) is 0 Å². The van der Waals surface area contributed by atoms with E-state index >= 15 is 0 Å². The molecule has 0 bridgehead atoms. The van der Waals surface area contributed by atoms with Gasteiger partial charge in [0.1, 0.15) is 5.54 Å². The van der Waals surface area contributed by atoms with Crippen molar-refractivity contribution in [1.82, 2.24) is 5.32 Å². The first kappa shape index (κ1) is 17.1. The van der Waals surface area contributed by atoms with Crippen molar-refractivity contribution in [2.45, 2.75) is 45.7 Å². The van der Waals surface area contributed by atoms with Gasteiger partial charge >= 0.3 is 0 Å². The van der Waals surface area contributed by atoms with E-state index in [1.54, 1.807) is 0 Å². The first-order chi connectivity index (χ1) is 9.50. The summed E-state index contributed by atoms with van der Waals surface area (Å²) in [6.45, 7) is 8.66. The Bertz CT molecular complexity index is 422. The zero-order valence-electron chi connectivity index (χ0n) is 13.0. The Morgan fingerprint density at radius 1 is 1.20 bits per heavy atom. The molecule has 0 heterocycles. The van der Waals surface area contributed by atoms with Crippen LogP contribution in [0.4, 0.5) is 0 Å². The van der Waals surface area contributed by atoms with Crippen molar-refractivity contribution in [3.05, 3.63) is 35.9 Å². The summed E-state index contributed by atoms with van der Waals surface area (Å²) in [5.41, 5.74) is 0.477. The van der Waals surface area contributed by atoms with E-state index in [9.17, 15) is 5.26 Å². The van der Waals surface area contributed by atoms with Gasteiger partial charge in [0.25, 0.3) is 0 Å². The van der Waals surface area contributed by atoms with Crippen LogP contribution in [0.5, 0.6) is 0 Å². The summed E-state index contributed by atoms with van der Waals surface area (Å²) in [5, 5.41) is 13.2. The van der Waals surface area contributed by atoms with Gasteiger partial charge in [-0.05, 0) is 37.5 Å².